The zero-order valence-corrected chi connectivity index (χ0v) is 16.5. The highest BCUT2D eigenvalue weighted by atomic mass is 32.1. The number of nitrogens with one attached hydrogen (secondary N) is 1. The van der Waals surface area contributed by atoms with Gasteiger partial charge in [-0.3, -0.25) is 10.1 Å². The van der Waals surface area contributed by atoms with E-state index >= 15 is 0 Å². The number of benzene rings is 2. The largest absolute Gasteiger partial charge is 0.497 e. The van der Waals surface area contributed by atoms with E-state index < -0.39 is 11.7 Å². The summed E-state index contributed by atoms with van der Waals surface area (Å²) in [4.78, 5) is 18.0. The molecule has 0 fully saturated rings. The first-order valence-corrected chi connectivity index (χ1v) is 9.59. The van der Waals surface area contributed by atoms with Crippen LogP contribution in [0, 0.1) is 12.7 Å². The minimum absolute atomic E-state index is 0.206. The summed E-state index contributed by atoms with van der Waals surface area (Å²) in [5.74, 6) is -0.197. The Hall–Kier alpha value is -3.52. The number of anilines is 1. The van der Waals surface area contributed by atoms with Gasteiger partial charge in [-0.1, -0.05) is 0 Å². The molecule has 0 atom stereocenters. The van der Waals surface area contributed by atoms with E-state index in [0.717, 1.165) is 21.9 Å². The highest BCUT2D eigenvalue weighted by Crippen LogP contribution is 2.31. The van der Waals surface area contributed by atoms with Crippen molar-refractivity contribution in [1.29, 1.82) is 0 Å². The van der Waals surface area contributed by atoms with Gasteiger partial charge in [0.05, 0.1) is 12.8 Å². The lowest BCUT2D eigenvalue weighted by Crippen LogP contribution is -2.12. The average molecular weight is 408 g/mol. The van der Waals surface area contributed by atoms with Crippen LogP contribution in [-0.2, 0) is 0 Å². The number of methoxy groups -OCH3 is 1. The molecule has 0 aliphatic rings. The van der Waals surface area contributed by atoms with Crippen LogP contribution in [-0.4, -0.2) is 27.8 Å². The number of halogens is 1. The molecule has 146 valence electrons. The standard InChI is InChI=1S/C21H17FN4O2S/c1-13-19(14-4-7-16(28-2)8-5-14)24-21(29-13)25-20(27)15-6-9-18(17(22)12-15)26-11-3-10-23-26/h3-12H,1-2H3,(H,24,25,27). The van der Waals surface area contributed by atoms with Crippen molar-refractivity contribution < 1.29 is 13.9 Å². The Labute approximate surface area is 170 Å². The molecule has 6 nitrogen and oxygen atoms in total. The van der Waals surface area contributed by atoms with Gasteiger partial charge in [0.15, 0.2) is 5.13 Å². The van der Waals surface area contributed by atoms with Crippen molar-refractivity contribution in [2.75, 3.05) is 12.4 Å². The molecule has 1 amide bonds. The van der Waals surface area contributed by atoms with Gasteiger partial charge in [-0.25, -0.2) is 14.1 Å². The summed E-state index contributed by atoms with van der Waals surface area (Å²) < 4.78 is 21.0. The quantitative estimate of drug-likeness (QED) is 0.520. The first-order valence-electron chi connectivity index (χ1n) is 8.78. The molecule has 0 saturated heterocycles. The van der Waals surface area contributed by atoms with Crippen molar-refractivity contribution in [3.63, 3.8) is 0 Å². The molecule has 1 N–H and O–H groups in total. The second-order valence-corrected chi connectivity index (χ2v) is 7.43. The van der Waals surface area contributed by atoms with Crippen molar-refractivity contribution in [1.82, 2.24) is 14.8 Å². The smallest absolute Gasteiger partial charge is 0.257 e. The third-order valence-corrected chi connectivity index (χ3v) is 5.23. The summed E-state index contributed by atoms with van der Waals surface area (Å²) in [6.45, 7) is 1.94. The zero-order valence-electron chi connectivity index (χ0n) is 15.7. The normalized spacial score (nSPS) is 10.7. The van der Waals surface area contributed by atoms with Crippen LogP contribution in [0.4, 0.5) is 9.52 Å². The first-order chi connectivity index (χ1) is 14.0. The van der Waals surface area contributed by atoms with Crippen LogP contribution in [0.2, 0.25) is 0 Å². The Morgan fingerprint density at radius 1 is 1.21 bits per heavy atom. The minimum atomic E-state index is -0.532. The number of nitrogens with zero attached hydrogens (tertiary/aromatic N) is 3. The van der Waals surface area contributed by atoms with E-state index in [1.54, 1.807) is 31.6 Å². The van der Waals surface area contributed by atoms with E-state index in [4.69, 9.17) is 4.74 Å². The highest BCUT2D eigenvalue weighted by molar-refractivity contribution is 7.16. The molecule has 0 bridgehead atoms. The molecular formula is C21H17FN4O2S. The van der Waals surface area contributed by atoms with Gasteiger partial charge in [0.1, 0.15) is 17.3 Å². The molecule has 2 heterocycles. The Morgan fingerprint density at radius 2 is 2.00 bits per heavy atom. The van der Waals surface area contributed by atoms with Gasteiger partial charge < -0.3 is 4.74 Å². The number of rotatable bonds is 5. The van der Waals surface area contributed by atoms with Gasteiger partial charge in [-0.2, -0.15) is 5.10 Å². The number of ether oxygens (including phenoxy) is 1. The fraction of sp³-hybridized carbons (Fsp3) is 0.0952. The number of thiazole rings is 1. The fourth-order valence-corrected chi connectivity index (χ4v) is 3.71. The van der Waals surface area contributed by atoms with Gasteiger partial charge in [-0.15, -0.1) is 11.3 Å². The minimum Gasteiger partial charge on any atom is -0.497 e. The molecule has 0 saturated carbocycles. The van der Waals surface area contributed by atoms with Gasteiger partial charge in [0.2, 0.25) is 0 Å². The van der Waals surface area contributed by atoms with E-state index in [1.807, 2.05) is 31.2 Å². The number of carbonyl (C=O) groups is 1. The van der Waals surface area contributed by atoms with E-state index in [2.05, 4.69) is 15.4 Å². The third kappa shape index (κ3) is 3.88. The molecule has 0 unspecified atom stereocenters. The topological polar surface area (TPSA) is 69.0 Å². The Balaban J connectivity index is 1.53. The number of hydrogen-bond acceptors (Lipinski definition) is 5. The van der Waals surface area contributed by atoms with Gasteiger partial charge in [0, 0.05) is 28.4 Å². The first kappa shape index (κ1) is 18.8. The second-order valence-electron chi connectivity index (χ2n) is 6.22. The summed E-state index contributed by atoms with van der Waals surface area (Å²) in [5.41, 5.74) is 2.19. The van der Waals surface area contributed by atoms with E-state index in [0.29, 0.717) is 5.13 Å². The number of amides is 1. The zero-order chi connectivity index (χ0) is 20.4. The monoisotopic (exact) mass is 408 g/mol. The maximum Gasteiger partial charge on any atom is 0.257 e. The van der Waals surface area contributed by atoms with Crippen LogP contribution in [0.15, 0.2) is 60.9 Å². The van der Waals surface area contributed by atoms with Crippen LogP contribution in [0.25, 0.3) is 16.9 Å². The molecule has 4 aromatic rings. The summed E-state index contributed by atoms with van der Waals surface area (Å²) in [6.07, 6.45) is 3.20. The predicted molar refractivity (Wildman–Crippen MR) is 110 cm³/mol. The summed E-state index contributed by atoms with van der Waals surface area (Å²) in [5, 5.41) is 7.20. The van der Waals surface area contributed by atoms with Crippen molar-refractivity contribution in [3.8, 4) is 22.7 Å². The van der Waals surface area contributed by atoms with Gasteiger partial charge in [0.25, 0.3) is 5.91 Å². The van der Waals surface area contributed by atoms with Crippen LogP contribution < -0.4 is 10.1 Å². The number of hydrogen-bond donors (Lipinski definition) is 1. The SMILES string of the molecule is COc1ccc(-c2nc(NC(=O)c3ccc(-n4cccn4)c(F)c3)sc2C)cc1. The van der Waals surface area contributed by atoms with E-state index in [9.17, 15) is 9.18 Å². The molecule has 0 spiro atoms. The molecule has 2 aromatic carbocycles. The van der Waals surface area contributed by atoms with Gasteiger partial charge >= 0.3 is 0 Å². The molecule has 0 radical (unpaired) electrons. The molecule has 2 aromatic heterocycles. The molecule has 8 heteroatoms. The Kier molecular flexibility index (Phi) is 5.09. The third-order valence-electron chi connectivity index (χ3n) is 4.34. The maximum atomic E-state index is 14.4. The fourth-order valence-electron chi connectivity index (χ4n) is 2.88. The van der Waals surface area contributed by atoms with Crippen molar-refractivity contribution >= 4 is 22.4 Å². The maximum absolute atomic E-state index is 14.4. The molecule has 0 aliphatic carbocycles. The lowest BCUT2D eigenvalue weighted by atomic mass is 10.1. The Morgan fingerprint density at radius 3 is 2.66 bits per heavy atom. The lowest BCUT2D eigenvalue weighted by molar-refractivity contribution is 0.102. The molecule has 29 heavy (non-hydrogen) atoms. The van der Waals surface area contributed by atoms with Crippen molar-refractivity contribution in [3.05, 3.63) is 77.2 Å². The van der Waals surface area contributed by atoms with E-state index in [-0.39, 0.29) is 11.3 Å². The van der Waals surface area contributed by atoms with Crippen molar-refractivity contribution in [2.24, 2.45) is 0 Å². The number of aromatic nitrogens is 3. The number of carbonyl (C=O) groups excluding carboxylic acids is 1. The van der Waals surface area contributed by atoms with Crippen LogP contribution in [0.5, 0.6) is 5.75 Å². The van der Waals surface area contributed by atoms with Crippen LogP contribution in [0.3, 0.4) is 0 Å². The molecule has 4 rings (SSSR count). The summed E-state index contributed by atoms with van der Waals surface area (Å²) in [6, 6.07) is 13.5. The van der Waals surface area contributed by atoms with E-state index in [1.165, 1.54) is 28.2 Å². The van der Waals surface area contributed by atoms with Gasteiger partial charge in [-0.05, 0) is 55.5 Å². The summed E-state index contributed by atoms with van der Waals surface area (Å²) >= 11 is 1.37. The van der Waals surface area contributed by atoms with Crippen molar-refractivity contribution in [2.45, 2.75) is 6.92 Å². The second kappa shape index (κ2) is 7.84. The molecule has 0 aliphatic heterocycles. The molecular weight excluding hydrogens is 391 g/mol. The average Bonchev–Trinajstić information content (AvgIpc) is 3.38. The number of aryl methyl sites for hydroxylation is 1. The Bertz CT molecular complexity index is 1150. The highest BCUT2D eigenvalue weighted by Gasteiger charge is 2.15. The summed E-state index contributed by atoms with van der Waals surface area (Å²) in [7, 11) is 1.61. The lowest BCUT2D eigenvalue weighted by Gasteiger charge is -2.06. The van der Waals surface area contributed by atoms with Crippen LogP contribution in [0.1, 0.15) is 15.2 Å². The van der Waals surface area contributed by atoms with Crippen LogP contribution >= 0.6 is 11.3 Å². The predicted octanol–water partition coefficient (Wildman–Crippen LogP) is 4.70.